The van der Waals surface area contributed by atoms with Crippen LogP contribution in [0.2, 0.25) is 5.02 Å². The topological polar surface area (TPSA) is 71.8 Å². The van der Waals surface area contributed by atoms with Crippen LogP contribution < -0.4 is 10.6 Å². The number of rotatable bonds is 4. The van der Waals surface area contributed by atoms with Gasteiger partial charge < -0.3 is 5.32 Å². The molecule has 1 amide bonds. The van der Waals surface area contributed by atoms with Gasteiger partial charge in [-0.1, -0.05) is 66.2 Å². The first-order valence-electron chi connectivity index (χ1n) is 9.91. The number of aromatic nitrogens is 3. The van der Waals surface area contributed by atoms with Gasteiger partial charge in [-0.05, 0) is 35.9 Å². The Bertz CT molecular complexity index is 1300. The predicted octanol–water partition coefficient (Wildman–Crippen LogP) is 5.38. The lowest BCUT2D eigenvalue weighted by atomic mass is 10.0. The predicted molar refractivity (Wildman–Crippen MR) is 122 cm³/mol. The molecule has 1 atom stereocenters. The van der Waals surface area contributed by atoms with Crippen LogP contribution in [0.1, 0.15) is 27.5 Å². The molecule has 0 aliphatic carbocycles. The summed E-state index contributed by atoms with van der Waals surface area (Å²) < 4.78 is 16.3. The van der Waals surface area contributed by atoms with Gasteiger partial charge in [0.15, 0.2) is 0 Å². The van der Waals surface area contributed by atoms with E-state index in [1.165, 1.54) is 10.7 Å². The van der Waals surface area contributed by atoms with Crippen molar-refractivity contribution in [3.8, 4) is 0 Å². The Morgan fingerprint density at radius 3 is 2.44 bits per heavy atom. The maximum atomic E-state index is 14.8. The molecule has 4 aromatic rings. The molecule has 2 N–H and O–H groups in total. The molecular formula is C24H17ClFN5O. The van der Waals surface area contributed by atoms with E-state index in [0.29, 0.717) is 11.5 Å². The number of nitrogens with zero attached hydrogens (tertiary/aromatic N) is 3. The van der Waals surface area contributed by atoms with Gasteiger partial charge in [-0.3, -0.25) is 10.1 Å². The largest absolute Gasteiger partial charge is 0.324 e. The second-order valence-electron chi connectivity index (χ2n) is 7.18. The highest BCUT2D eigenvalue weighted by Gasteiger charge is 2.29. The van der Waals surface area contributed by atoms with Crippen LogP contribution in [0.4, 0.5) is 16.3 Å². The molecule has 5 rings (SSSR count). The average Bonchev–Trinajstić information content (AvgIpc) is 3.22. The second kappa shape index (κ2) is 8.28. The van der Waals surface area contributed by atoms with E-state index < -0.39 is 11.9 Å². The van der Waals surface area contributed by atoms with E-state index >= 15 is 0 Å². The third-order valence-corrected chi connectivity index (χ3v) is 5.44. The SMILES string of the molecule is O=C(Nc1nc2n(n1)C(c1c(F)cccc1Cl)C=C(c1ccccc1)N2)c1ccccc1. The van der Waals surface area contributed by atoms with Crippen molar-refractivity contribution in [1.29, 1.82) is 0 Å². The molecule has 0 fully saturated rings. The molecule has 0 spiro atoms. The molecular weight excluding hydrogens is 429 g/mol. The number of carbonyl (C=O) groups is 1. The first kappa shape index (κ1) is 20.0. The van der Waals surface area contributed by atoms with Gasteiger partial charge in [-0.25, -0.2) is 9.07 Å². The summed E-state index contributed by atoms with van der Waals surface area (Å²) >= 11 is 6.37. The lowest BCUT2D eigenvalue weighted by Gasteiger charge is -2.25. The Hall–Kier alpha value is -3.97. The summed E-state index contributed by atoms with van der Waals surface area (Å²) in [5.74, 6) is -0.338. The summed E-state index contributed by atoms with van der Waals surface area (Å²) in [5, 5.41) is 10.6. The van der Waals surface area contributed by atoms with Crippen LogP contribution >= 0.6 is 11.6 Å². The summed E-state index contributed by atoms with van der Waals surface area (Å²) in [6, 6.07) is 22.2. The number of nitrogens with one attached hydrogen (secondary N) is 2. The molecule has 158 valence electrons. The van der Waals surface area contributed by atoms with E-state index in [1.807, 2.05) is 42.5 Å². The van der Waals surface area contributed by atoms with Gasteiger partial charge in [0.25, 0.3) is 11.9 Å². The molecule has 1 aliphatic rings. The summed E-state index contributed by atoms with van der Waals surface area (Å²) in [6.45, 7) is 0. The molecule has 0 radical (unpaired) electrons. The van der Waals surface area contributed by atoms with Crippen LogP contribution in [0.5, 0.6) is 0 Å². The van der Waals surface area contributed by atoms with Crippen LogP contribution in [0.25, 0.3) is 5.70 Å². The zero-order valence-corrected chi connectivity index (χ0v) is 17.4. The smallest absolute Gasteiger partial charge is 0.258 e. The minimum atomic E-state index is -0.662. The van der Waals surface area contributed by atoms with E-state index in [9.17, 15) is 9.18 Å². The zero-order chi connectivity index (χ0) is 22.1. The van der Waals surface area contributed by atoms with Crippen molar-refractivity contribution in [1.82, 2.24) is 14.8 Å². The van der Waals surface area contributed by atoms with Crippen LogP contribution in [-0.4, -0.2) is 20.7 Å². The number of hydrogen-bond acceptors (Lipinski definition) is 4. The number of carbonyl (C=O) groups excluding carboxylic acids is 1. The third kappa shape index (κ3) is 3.74. The van der Waals surface area contributed by atoms with Crippen molar-refractivity contribution < 1.29 is 9.18 Å². The molecule has 2 heterocycles. The number of hydrogen-bond donors (Lipinski definition) is 2. The summed E-state index contributed by atoms with van der Waals surface area (Å²) in [6.07, 6.45) is 1.84. The maximum absolute atomic E-state index is 14.8. The standard InChI is InChI=1S/C24H17ClFN5O/c25-17-12-7-13-18(26)21(17)20-14-19(15-8-3-1-4-9-15)27-24-29-23(30-31(20)24)28-22(32)16-10-5-2-6-11-16/h1-14,20H,(H2,27,28,29,30,32). The molecule has 0 bridgehead atoms. The van der Waals surface area contributed by atoms with Gasteiger partial charge in [-0.2, -0.15) is 4.98 Å². The van der Waals surface area contributed by atoms with Gasteiger partial charge in [0.2, 0.25) is 5.95 Å². The summed E-state index contributed by atoms with van der Waals surface area (Å²) in [5.41, 5.74) is 2.38. The number of halogens is 2. The van der Waals surface area contributed by atoms with Gasteiger partial charge in [0, 0.05) is 21.8 Å². The molecule has 1 aromatic heterocycles. The average molecular weight is 446 g/mol. The Morgan fingerprint density at radius 1 is 1.00 bits per heavy atom. The number of anilines is 2. The quantitative estimate of drug-likeness (QED) is 0.442. The fourth-order valence-electron chi connectivity index (χ4n) is 3.59. The first-order valence-corrected chi connectivity index (χ1v) is 10.3. The molecule has 0 saturated carbocycles. The zero-order valence-electron chi connectivity index (χ0n) is 16.7. The van der Waals surface area contributed by atoms with E-state index in [1.54, 1.807) is 36.4 Å². The van der Waals surface area contributed by atoms with Gasteiger partial charge in [0.05, 0.1) is 0 Å². The first-order chi connectivity index (χ1) is 15.6. The Balaban J connectivity index is 1.56. The highest BCUT2D eigenvalue weighted by Crippen LogP contribution is 2.37. The lowest BCUT2D eigenvalue weighted by molar-refractivity contribution is 0.102. The number of amides is 1. The highest BCUT2D eigenvalue weighted by atomic mass is 35.5. The summed E-state index contributed by atoms with van der Waals surface area (Å²) in [4.78, 5) is 17.0. The Kier molecular flexibility index (Phi) is 5.17. The molecule has 32 heavy (non-hydrogen) atoms. The lowest BCUT2D eigenvalue weighted by Crippen LogP contribution is -2.21. The van der Waals surface area contributed by atoms with E-state index in [4.69, 9.17) is 11.6 Å². The summed E-state index contributed by atoms with van der Waals surface area (Å²) in [7, 11) is 0. The third-order valence-electron chi connectivity index (χ3n) is 5.11. The normalized spacial score (nSPS) is 14.8. The van der Waals surface area contributed by atoms with Crippen molar-refractivity contribution in [2.75, 3.05) is 10.6 Å². The van der Waals surface area contributed by atoms with Gasteiger partial charge in [0.1, 0.15) is 11.9 Å². The van der Waals surface area contributed by atoms with Crippen molar-refractivity contribution in [3.05, 3.63) is 112 Å². The molecule has 1 unspecified atom stereocenters. The van der Waals surface area contributed by atoms with Crippen molar-refractivity contribution >= 4 is 35.1 Å². The molecule has 3 aromatic carbocycles. The van der Waals surface area contributed by atoms with Gasteiger partial charge >= 0.3 is 0 Å². The van der Waals surface area contributed by atoms with Crippen molar-refractivity contribution in [3.63, 3.8) is 0 Å². The molecule has 6 nitrogen and oxygen atoms in total. The fraction of sp³-hybridized carbons (Fsp3) is 0.0417. The van der Waals surface area contributed by atoms with Gasteiger partial charge in [-0.15, -0.1) is 5.10 Å². The van der Waals surface area contributed by atoms with Crippen molar-refractivity contribution in [2.45, 2.75) is 6.04 Å². The maximum Gasteiger partial charge on any atom is 0.258 e. The van der Waals surface area contributed by atoms with E-state index in [-0.39, 0.29) is 22.4 Å². The fourth-order valence-corrected chi connectivity index (χ4v) is 3.87. The van der Waals surface area contributed by atoms with E-state index in [2.05, 4.69) is 20.7 Å². The van der Waals surface area contributed by atoms with E-state index in [0.717, 1.165) is 11.3 Å². The molecule has 8 heteroatoms. The Morgan fingerprint density at radius 2 is 1.72 bits per heavy atom. The minimum Gasteiger partial charge on any atom is -0.324 e. The molecule has 0 saturated heterocycles. The van der Waals surface area contributed by atoms with Crippen LogP contribution in [0.15, 0.2) is 84.9 Å². The van der Waals surface area contributed by atoms with Crippen LogP contribution in [-0.2, 0) is 0 Å². The number of allylic oxidation sites excluding steroid dienone is 1. The van der Waals surface area contributed by atoms with Crippen molar-refractivity contribution in [2.24, 2.45) is 0 Å². The number of fused-ring (bicyclic) bond motifs is 1. The minimum absolute atomic E-state index is 0.0986. The van der Waals surface area contributed by atoms with Crippen LogP contribution in [0.3, 0.4) is 0 Å². The Labute approximate surface area is 188 Å². The molecule has 1 aliphatic heterocycles. The monoisotopic (exact) mass is 445 g/mol. The highest BCUT2D eigenvalue weighted by molar-refractivity contribution is 6.31. The van der Waals surface area contributed by atoms with Crippen LogP contribution in [0, 0.1) is 5.82 Å². The number of benzene rings is 3. The second-order valence-corrected chi connectivity index (χ2v) is 7.58.